The number of fused-ring (bicyclic) bond motifs is 4. The van der Waals surface area contributed by atoms with Crippen molar-refractivity contribution in [2.45, 2.75) is 183 Å². The van der Waals surface area contributed by atoms with E-state index in [4.69, 9.17) is 139 Å². The molecule has 0 spiro atoms. The van der Waals surface area contributed by atoms with Gasteiger partial charge in [0.15, 0.2) is 17.2 Å². The van der Waals surface area contributed by atoms with Crippen LogP contribution < -0.4 is 20.4 Å². The number of benzene rings is 10. The number of aromatic carboxylic acids is 4. The number of alkyl halides is 12. The molecule has 0 aliphatic heterocycles. The number of carbonyl (C=O) groups is 4. The van der Waals surface area contributed by atoms with Crippen molar-refractivity contribution in [2.24, 2.45) is 20.5 Å². The minimum absolute atomic E-state index is 0. The molecule has 10 rings (SSSR count). The van der Waals surface area contributed by atoms with Crippen molar-refractivity contribution in [1.29, 1.82) is 0 Å². The molecule has 0 fully saturated rings. The molecule has 0 heterocycles. The molecule has 0 saturated heterocycles. The average molecular weight is 3090 g/mol. The first kappa shape index (κ1) is 164. The van der Waals surface area contributed by atoms with Gasteiger partial charge in [0, 0.05) is 0 Å². The van der Waals surface area contributed by atoms with Gasteiger partial charge in [0.2, 0.25) is 0 Å². The van der Waals surface area contributed by atoms with Crippen LogP contribution in [-0.4, -0.2) is 189 Å². The topological polar surface area (TPSA) is 210 Å². The second-order valence-electron chi connectivity index (χ2n) is 28.4. The Kier molecular flexibility index (Phi) is 128. The van der Waals surface area contributed by atoms with E-state index in [9.17, 15) is 39.6 Å². The first-order valence-corrected chi connectivity index (χ1v) is 68.1. The first-order chi connectivity index (χ1) is 66.7. The van der Waals surface area contributed by atoms with E-state index in [0.29, 0.717) is 86.1 Å². The summed E-state index contributed by atoms with van der Waals surface area (Å²) < 4.78 is -3.00. The van der Waals surface area contributed by atoms with Crippen molar-refractivity contribution in [3.8, 4) is 0 Å². The Morgan fingerprint density at radius 1 is 0.215 bits per heavy atom. The normalized spacial score (nSPS) is 10.1. The number of carbonyl (C=O) groups excluding carboxylic acids is 4. The first-order valence-electron chi connectivity index (χ1n) is 47.7. The molecule has 0 saturated carbocycles. The summed E-state index contributed by atoms with van der Waals surface area (Å²) in [4.78, 5) is 42.2. The molecule has 36 heteroatoms. The van der Waals surface area contributed by atoms with E-state index < -0.39 is 41.1 Å². The summed E-state index contributed by atoms with van der Waals surface area (Å²) >= 11 is 57.7. The van der Waals surface area contributed by atoms with E-state index in [0.717, 1.165) is 21.5 Å². The maximum absolute atomic E-state index is 10.6. The maximum atomic E-state index is 10.6. The van der Waals surface area contributed by atoms with Crippen LogP contribution in [0.1, 0.15) is 208 Å². The van der Waals surface area contributed by atoms with Crippen LogP contribution in [0.4, 0.5) is 22.7 Å². The van der Waals surface area contributed by atoms with Crippen LogP contribution in [-0.2, 0) is 84.3 Å². The Hall–Kier alpha value is -0.00675. The van der Waals surface area contributed by atoms with E-state index in [-0.39, 0.29) is 107 Å². The molecule has 144 heavy (non-hydrogen) atoms. The van der Waals surface area contributed by atoms with Gasteiger partial charge in [-0.1, -0.05) is 354 Å². The van der Waals surface area contributed by atoms with E-state index in [1.807, 2.05) is 48.5 Å². The molecule has 0 aliphatic carbocycles. The standard InChI is InChI=1S/2C14H10N2O4.2C14H8.8C6H15P.4CHCl3.4Pt/c2*17-13(18)9-1-5-11(6-2-9)15-16-12-7-3-10(4-8-12)14(19)20;2*1-2-6-12-10-14-8-4-3-7-13(14)9-11(12)5-1;8*1-4-7(5-2)6-3;4*2-1(3)4;;;;/h2*1-8H,(H,17,18)(H,19,20);2*1-5,7,9-10H;8*4-6H2,1-3H3;4*1H;;;;/q;;2*-2;;;;;;;;;;;;;4*+2/p-4. The summed E-state index contributed by atoms with van der Waals surface area (Å²) in [7, 11) is 3.57. The van der Waals surface area contributed by atoms with Gasteiger partial charge in [-0.25, -0.2) is 0 Å². The van der Waals surface area contributed by atoms with Gasteiger partial charge in [0.25, 0.3) is 0 Å². The third kappa shape index (κ3) is 93.2. The SMILES string of the molecule is CCP(CC)CC.CCP(CC)CC.CCP(CC)CC.CCP(CC)CC.CCP(CC)CC.CCP(CC)CC.CCP(CC)CC.CCP(CC)CC.ClC(Cl)Cl.ClC(Cl)Cl.ClC(Cl)Cl.ClC(Cl)Cl.O=C([O-])c1ccc(N=Nc2ccc(C(=O)[O-])cc2)cc1.O=C([O-])c1ccc(N=Nc2ccc(C(=O)[O-])cc2)cc1.[Pt+2].[Pt+2].[Pt+2].[Pt+2].[c-]1cccc2cc3ccc[c-]c3cc12.[c-]1cccc2cc3ccc[c-]c3cc12. The molecule has 0 radical (unpaired) electrons. The Bertz CT molecular complexity index is 3900. The van der Waals surface area contributed by atoms with Crippen molar-refractivity contribution in [1.82, 2.24) is 0 Å². The molecule has 0 bridgehead atoms. The van der Waals surface area contributed by atoms with Crippen molar-refractivity contribution in [2.75, 3.05) is 148 Å². The Labute approximate surface area is 997 Å². The number of hydrogen-bond donors (Lipinski definition) is 0. The molecule has 0 unspecified atom stereocenters. The molecule has 0 amide bonds. The van der Waals surface area contributed by atoms with Crippen LogP contribution in [0.25, 0.3) is 43.1 Å². The van der Waals surface area contributed by atoms with Crippen LogP contribution in [0, 0.1) is 24.3 Å². The van der Waals surface area contributed by atoms with Crippen molar-refractivity contribution >= 4 is 292 Å². The van der Waals surface area contributed by atoms with Gasteiger partial charge in [-0.3, -0.25) is 0 Å². The zero-order chi connectivity index (χ0) is 108. The second kappa shape index (κ2) is 113. The average Bonchev–Trinajstić information content (AvgIpc) is 0.810. The number of carboxylic acid groups (broad SMARTS) is 4. The molecule has 10 aromatic rings. The van der Waals surface area contributed by atoms with Gasteiger partial charge in [0.1, 0.15) is 0 Å². The maximum Gasteiger partial charge on any atom is 2.00 e. The summed E-state index contributed by atoms with van der Waals surface area (Å²) in [5, 5.41) is 67.4. The molecule has 0 N–H and O–H groups in total. The van der Waals surface area contributed by atoms with Crippen molar-refractivity contribution < 1.29 is 124 Å². The van der Waals surface area contributed by atoms with Crippen molar-refractivity contribution in [3.63, 3.8) is 0 Å². The molecule has 12 nitrogen and oxygen atoms in total. The predicted molar refractivity (Wildman–Crippen MR) is 643 cm³/mol. The fraction of sp³-hybridized carbons (Fsp3) is 0.481. The van der Waals surface area contributed by atoms with Gasteiger partial charge in [0.05, 0.1) is 46.6 Å². The van der Waals surface area contributed by atoms with Gasteiger partial charge >= 0.3 is 84.3 Å². The number of rotatable bonds is 32. The predicted octanol–water partition coefficient (Wildman–Crippen LogP) is 37.0. The zero-order valence-electron chi connectivity index (χ0n) is 88.2. The fourth-order valence-electron chi connectivity index (χ4n) is 11.7. The van der Waals surface area contributed by atoms with E-state index in [2.05, 4.69) is 259 Å². The quantitative estimate of drug-likeness (QED) is 0.0130. The van der Waals surface area contributed by atoms with E-state index in [1.54, 1.807) is 0 Å². The summed E-state index contributed by atoms with van der Waals surface area (Å²) in [6.07, 6.45) is 34.1. The Balaban J connectivity index is -0.000000171. The van der Waals surface area contributed by atoms with E-state index in [1.165, 1.54) is 266 Å². The smallest absolute Gasteiger partial charge is 0.545 e. The van der Waals surface area contributed by atoms with Gasteiger partial charge < -0.3 is 39.6 Å². The molecular formula is C108H156Cl12N4O8P8Pt4. The minimum atomic E-state index is -1.26. The molecular weight excluding hydrogens is 2930 g/mol. The third-order valence-electron chi connectivity index (χ3n) is 20.6. The zero-order valence-corrected chi connectivity index (χ0v) is 114. The summed E-state index contributed by atoms with van der Waals surface area (Å²) in [5.41, 5.74) is 2.12. The summed E-state index contributed by atoms with van der Waals surface area (Å²) in [6.45, 7) is 55.0. The minimum Gasteiger partial charge on any atom is -0.545 e. The number of halogens is 12. The molecule has 0 aromatic heterocycles. The molecule has 0 atom stereocenters. The number of carboxylic acids is 4. The summed E-state index contributed by atoms with van der Waals surface area (Å²) in [6, 6.07) is 68.6. The molecule has 10 aromatic carbocycles. The van der Waals surface area contributed by atoms with Crippen LogP contribution in [0.3, 0.4) is 0 Å². The number of nitrogens with zero attached hydrogens (tertiary/aromatic N) is 4. The van der Waals surface area contributed by atoms with Gasteiger partial charge in [-0.15, -0.1) is 228 Å². The monoisotopic (exact) mass is 3080 g/mol. The van der Waals surface area contributed by atoms with Gasteiger partial charge in [-0.05, 0) is 219 Å². The van der Waals surface area contributed by atoms with Crippen LogP contribution in [0.5, 0.6) is 0 Å². The van der Waals surface area contributed by atoms with Crippen LogP contribution in [0.2, 0.25) is 0 Å². The Morgan fingerprint density at radius 3 is 0.417 bits per heavy atom. The molecule has 820 valence electrons. The summed E-state index contributed by atoms with van der Waals surface area (Å²) in [5.74, 6) is -5.03. The number of azo groups is 2. The van der Waals surface area contributed by atoms with E-state index >= 15 is 0 Å². The second-order valence-corrected chi connectivity index (χ2v) is 62.2. The Morgan fingerprint density at radius 2 is 0.326 bits per heavy atom. The largest absolute Gasteiger partial charge is 2.00 e. The number of hydrogen-bond acceptors (Lipinski definition) is 12. The third-order valence-corrected chi connectivity index (χ3v) is 42.1. The van der Waals surface area contributed by atoms with Crippen LogP contribution in [0.15, 0.2) is 215 Å². The fourth-order valence-corrected chi connectivity index (χ4v) is 22.5. The molecule has 0 aliphatic rings. The van der Waals surface area contributed by atoms with Crippen molar-refractivity contribution in [3.05, 3.63) is 241 Å². The van der Waals surface area contributed by atoms with Gasteiger partial charge in [-0.2, -0.15) is 20.5 Å². The van der Waals surface area contributed by atoms with Crippen LogP contribution >= 0.6 is 203 Å².